The maximum absolute atomic E-state index is 12.6. The van der Waals surface area contributed by atoms with Crippen molar-refractivity contribution in [3.05, 3.63) is 0 Å². The highest BCUT2D eigenvalue weighted by Gasteiger charge is 2.43. The van der Waals surface area contributed by atoms with Gasteiger partial charge >= 0.3 is 0 Å². The number of hydrogen-bond acceptors (Lipinski definition) is 3. The van der Waals surface area contributed by atoms with Gasteiger partial charge in [-0.3, -0.25) is 9.69 Å². The minimum absolute atomic E-state index is 0.200. The topological polar surface area (TPSA) is 49.6 Å². The van der Waals surface area contributed by atoms with Crippen LogP contribution in [0.25, 0.3) is 0 Å². The van der Waals surface area contributed by atoms with E-state index in [1.165, 1.54) is 19.4 Å². The van der Waals surface area contributed by atoms with E-state index in [1.54, 1.807) is 0 Å². The zero-order valence-electron chi connectivity index (χ0n) is 12.9. The van der Waals surface area contributed by atoms with Gasteiger partial charge in [0, 0.05) is 38.3 Å². The lowest BCUT2D eigenvalue weighted by molar-refractivity contribution is -0.145. The van der Waals surface area contributed by atoms with Crippen LogP contribution < -0.4 is 5.73 Å². The van der Waals surface area contributed by atoms with Crippen molar-refractivity contribution in [2.75, 3.05) is 32.7 Å². The molecule has 2 N–H and O–H groups in total. The van der Waals surface area contributed by atoms with E-state index in [0.29, 0.717) is 0 Å². The summed E-state index contributed by atoms with van der Waals surface area (Å²) in [6, 6.07) is 0. The molecule has 0 bridgehead atoms. The van der Waals surface area contributed by atoms with Crippen molar-refractivity contribution in [3.8, 4) is 0 Å². The molecule has 0 aromatic heterocycles. The van der Waals surface area contributed by atoms with Crippen molar-refractivity contribution >= 4 is 5.91 Å². The Morgan fingerprint density at radius 1 is 1.11 bits per heavy atom. The van der Waals surface area contributed by atoms with E-state index in [2.05, 4.69) is 4.90 Å². The van der Waals surface area contributed by atoms with Gasteiger partial charge in [-0.1, -0.05) is 0 Å². The fourth-order valence-corrected chi connectivity index (χ4v) is 2.47. The molecule has 2 aliphatic rings. The third-order valence-electron chi connectivity index (χ3n) is 5.02. The van der Waals surface area contributed by atoms with Gasteiger partial charge < -0.3 is 10.6 Å². The smallest absolute Gasteiger partial charge is 0.230 e. The van der Waals surface area contributed by atoms with Crippen molar-refractivity contribution in [3.63, 3.8) is 0 Å². The molecule has 2 fully saturated rings. The molecule has 2 rings (SSSR count). The Morgan fingerprint density at radius 2 is 1.63 bits per heavy atom. The first-order valence-corrected chi connectivity index (χ1v) is 7.52. The van der Waals surface area contributed by atoms with Gasteiger partial charge in [-0.15, -0.1) is 0 Å². The van der Waals surface area contributed by atoms with Gasteiger partial charge in [0.15, 0.2) is 0 Å². The molecule has 110 valence electrons. The normalized spacial score (nSPS) is 22.7. The molecule has 1 aliphatic carbocycles. The summed E-state index contributed by atoms with van der Waals surface area (Å²) in [5.41, 5.74) is 5.17. The molecule has 19 heavy (non-hydrogen) atoms. The molecule has 1 heterocycles. The van der Waals surface area contributed by atoms with Crippen LogP contribution in [0, 0.1) is 11.3 Å². The van der Waals surface area contributed by atoms with E-state index in [4.69, 9.17) is 5.73 Å². The second-order valence-electron chi connectivity index (χ2n) is 7.38. The van der Waals surface area contributed by atoms with E-state index >= 15 is 0 Å². The first-order valence-electron chi connectivity index (χ1n) is 7.52. The molecule has 1 saturated heterocycles. The number of carbonyl (C=O) groups is 1. The summed E-state index contributed by atoms with van der Waals surface area (Å²) in [6.07, 6.45) is 2.79. The van der Waals surface area contributed by atoms with E-state index in [1.807, 2.05) is 32.6 Å². The lowest BCUT2D eigenvalue weighted by Crippen LogP contribution is -2.59. The minimum atomic E-state index is -0.508. The third kappa shape index (κ3) is 3.29. The highest BCUT2D eigenvalue weighted by atomic mass is 16.2. The number of rotatable bonds is 4. The van der Waals surface area contributed by atoms with Crippen LogP contribution in [-0.4, -0.2) is 54.0 Å². The molecule has 4 heteroatoms. The molecule has 0 unspecified atom stereocenters. The highest BCUT2D eigenvalue weighted by Crippen LogP contribution is 2.32. The van der Waals surface area contributed by atoms with Gasteiger partial charge in [-0.2, -0.15) is 0 Å². The maximum Gasteiger partial charge on any atom is 0.230 e. The number of carbonyl (C=O) groups excluding carboxylic acids is 1. The second kappa shape index (κ2) is 5.06. The Balaban J connectivity index is 1.88. The average molecular weight is 267 g/mol. The number of nitrogens with two attached hydrogens (primary N) is 1. The summed E-state index contributed by atoms with van der Waals surface area (Å²) in [6.45, 7) is 12.8. The van der Waals surface area contributed by atoms with Crippen LogP contribution in [0.2, 0.25) is 0 Å². The fraction of sp³-hybridized carbons (Fsp3) is 0.933. The highest BCUT2D eigenvalue weighted by molar-refractivity contribution is 5.83. The monoisotopic (exact) mass is 267 g/mol. The molecule has 1 amide bonds. The maximum atomic E-state index is 12.6. The summed E-state index contributed by atoms with van der Waals surface area (Å²) >= 11 is 0. The van der Waals surface area contributed by atoms with Crippen molar-refractivity contribution < 1.29 is 4.79 Å². The zero-order valence-corrected chi connectivity index (χ0v) is 12.9. The molecule has 0 spiro atoms. The largest absolute Gasteiger partial charge is 0.340 e. The van der Waals surface area contributed by atoms with Gasteiger partial charge in [0.25, 0.3) is 0 Å². The molecule has 0 aromatic carbocycles. The SMILES string of the molecule is CC(C)(N)C(C)(C)C(=O)N1CCN(CC2CC2)CC1. The summed E-state index contributed by atoms with van der Waals surface area (Å²) in [7, 11) is 0. The molecular formula is C15H29N3O. The second-order valence-corrected chi connectivity index (χ2v) is 7.38. The average Bonchev–Trinajstić information content (AvgIpc) is 3.11. The lowest BCUT2D eigenvalue weighted by atomic mass is 9.74. The molecule has 0 atom stereocenters. The quantitative estimate of drug-likeness (QED) is 0.835. The summed E-state index contributed by atoms with van der Waals surface area (Å²) in [5.74, 6) is 1.13. The van der Waals surface area contributed by atoms with Gasteiger partial charge in [0.2, 0.25) is 5.91 Å². The first kappa shape index (κ1) is 14.8. The number of amides is 1. The molecule has 0 radical (unpaired) electrons. The summed E-state index contributed by atoms with van der Waals surface area (Å²) in [5, 5.41) is 0. The van der Waals surface area contributed by atoms with Crippen molar-refractivity contribution in [1.82, 2.24) is 9.80 Å². The molecule has 1 aliphatic heterocycles. The first-order chi connectivity index (χ1) is 8.72. The summed E-state index contributed by atoms with van der Waals surface area (Å²) in [4.78, 5) is 17.1. The van der Waals surface area contributed by atoms with Crippen molar-refractivity contribution in [2.45, 2.75) is 46.1 Å². The number of piperazine rings is 1. The number of nitrogens with zero attached hydrogens (tertiary/aromatic N) is 2. The van der Waals surface area contributed by atoms with E-state index in [9.17, 15) is 4.79 Å². The Kier molecular flexibility index (Phi) is 3.94. The predicted molar refractivity (Wildman–Crippen MR) is 77.8 cm³/mol. The Hall–Kier alpha value is -0.610. The van der Waals surface area contributed by atoms with Crippen LogP contribution in [0.1, 0.15) is 40.5 Å². The van der Waals surface area contributed by atoms with Gasteiger partial charge in [-0.05, 0) is 46.5 Å². The number of hydrogen-bond donors (Lipinski definition) is 1. The van der Waals surface area contributed by atoms with Crippen LogP contribution in [0.4, 0.5) is 0 Å². The van der Waals surface area contributed by atoms with E-state index < -0.39 is 11.0 Å². The van der Waals surface area contributed by atoms with Gasteiger partial charge in [0.05, 0.1) is 5.41 Å². The molecular weight excluding hydrogens is 238 g/mol. The van der Waals surface area contributed by atoms with Gasteiger partial charge in [-0.25, -0.2) is 0 Å². The standard InChI is InChI=1S/C15H29N3O/c1-14(2,15(3,4)16)13(19)18-9-7-17(8-10-18)11-12-5-6-12/h12H,5-11,16H2,1-4H3. The Labute approximate surface area is 117 Å². The van der Waals surface area contributed by atoms with Crippen LogP contribution in [0.3, 0.4) is 0 Å². The molecule has 1 saturated carbocycles. The fourth-order valence-electron chi connectivity index (χ4n) is 2.47. The van der Waals surface area contributed by atoms with Gasteiger partial charge in [0.1, 0.15) is 0 Å². The third-order valence-corrected chi connectivity index (χ3v) is 5.02. The molecule has 0 aromatic rings. The Morgan fingerprint density at radius 3 is 2.05 bits per heavy atom. The molecule has 4 nitrogen and oxygen atoms in total. The van der Waals surface area contributed by atoms with Crippen molar-refractivity contribution in [1.29, 1.82) is 0 Å². The minimum Gasteiger partial charge on any atom is -0.340 e. The lowest BCUT2D eigenvalue weighted by Gasteiger charge is -2.43. The van der Waals surface area contributed by atoms with E-state index in [-0.39, 0.29) is 5.91 Å². The van der Waals surface area contributed by atoms with Crippen LogP contribution in [0.5, 0.6) is 0 Å². The van der Waals surface area contributed by atoms with Crippen LogP contribution >= 0.6 is 0 Å². The van der Waals surface area contributed by atoms with E-state index in [0.717, 1.165) is 32.1 Å². The van der Waals surface area contributed by atoms with Crippen molar-refractivity contribution in [2.24, 2.45) is 17.1 Å². The Bertz CT molecular complexity index is 334. The van der Waals surface area contributed by atoms with Crippen LogP contribution in [-0.2, 0) is 4.79 Å². The summed E-state index contributed by atoms with van der Waals surface area (Å²) < 4.78 is 0. The predicted octanol–water partition coefficient (Wildman–Crippen LogP) is 1.30. The van der Waals surface area contributed by atoms with Crippen LogP contribution in [0.15, 0.2) is 0 Å². The zero-order chi connectivity index (χ0) is 14.3.